The lowest BCUT2D eigenvalue weighted by molar-refractivity contribution is -0.139. The lowest BCUT2D eigenvalue weighted by atomic mass is 9.94. The second-order valence-electron chi connectivity index (χ2n) is 8.24. The molecule has 0 spiro atoms. The van der Waals surface area contributed by atoms with E-state index in [2.05, 4.69) is 0 Å². The van der Waals surface area contributed by atoms with E-state index in [0.717, 1.165) is 6.42 Å². The Balaban J connectivity index is 2.28. The highest BCUT2D eigenvalue weighted by Gasteiger charge is 2.47. The van der Waals surface area contributed by atoms with Gasteiger partial charge in [-0.15, -0.1) is 0 Å². The molecule has 34 heavy (non-hydrogen) atoms. The van der Waals surface area contributed by atoms with Crippen LogP contribution in [0.3, 0.4) is 0 Å². The third-order valence-corrected chi connectivity index (χ3v) is 5.89. The van der Waals surface area contributed by atoms with Crippen LogP contribution in [0.4, 0.5) is 0 Å². The fourth-order valence-corrected chi connectivity index (χ4v) is 4.26. The number of unbranched alkanes of at least 4 members (excludes halogenated alkanes) is 1. The Bertz CT molecular complexity index is 1110. The van der Waals surface area contributed by atoms with Gasteiger partial charge >= 0.3 is 0 Å². The van der Waals surface area contributed by atoms with Gasteiger partial charge in [0.05, 0.1) is 42.5 Å². The van der Waals surface area contributed by atoms with Crippen LogP contribution >= 0.6 is 11.6 Å². The highest BCUT2D eigenvalue weighted by atomic mass is 35.5. The summed E-state index contributed by atoms with van der Waals surface area (Å²) in [5.41, 5.74) is 0.765. The number of rotatable bonds is 9. The topological polar surface area (TPSA) is 85.3 Å². The molecule has 0 radical (unpaired) electrons. The molecule has 0 aliphatic carbocycles. The normalized spacial score (nSPS) is 17.4. The maximum Gasteiger partial charge on any atom is 0.295 e. The number of carbonyl (C=O) groups is 2. The molecule has 0 saturated carbocycles. The molecule has 1 atom stereocenters. The first-order valence-corrected chi connectivity index (χ1v) is 11.6. The van der Waals surface area contributed by atoms with Crippen molar-refractivity contribution in [3.8, 4) is 17.2 Å². The monoisotopic (exact) mass is 487 g/mol. The third-order valence-electron chi connectivity index (χ3n) is 5.60. The van der Waals surface area contributed by atoms with Gasteiger partial charge in [0.1, 0.15) is 23.0 Å². The smallest absolute Gasteiger partial charge is 0.295 e. The number of amides is 1. The van der Waals surface area contributed by atoms with Crippen LogP contribution in [0.2, 0.25) is 5.02 Å². The van der Waals surface area contributed by atoms with E-state index in [-0.39, 0.29) is 33.8 Å². The van der Waals surface area contributed by atoms with Gasteiger partial charge in [-0.1, -0.05) is 43.1 Å². The first-order valence-electron chi connectivity index (χ1n) is 11.2. The van der Waals surface area contributed by atoms with Gasteiger partial charge in [0.25, 0.3) is 11.7 Å². The van der Waals surface area contributed by atoms with Crippen LogP contribution in [0.5, 0.6) is 17.2 Å². The van der Waals surface area contributed by atoms with E-state index in [4.69, 9.17) is 25.8 Å². The number of aliphatic hydroxyl groups excluding tert-OH is 1. The van der Waals surface area contributed by atoms with Crippen molar-refractivity contribution < 1.29 is 28.9 Å². The average Bonchev–Trinajstić information content (AvgIpc) is 3.06. The van der Waals surface area contributed by atoms with Crippen molar-refractivity contribution in [2.45, 2.75) is 45.8 Å². The summed E-state index contributed by atoms with van der Waals surface area (Å²) in [6, 6.07) is 9.39. The average molecular weight is 488 g/mol. The van der Waals surface area contributed by atoms with E-state index in [9.17, 15) is 14.7 Å². The lowest BCUT2D eigenvalue weighted by Crippen LogP contribution is -2.31. The van der Waals surface area contributed by atoms with Crippen LogP contribution in [-0.2, 0) is 9.59 Å². The number of para-hydroxylation sites is 1. The number of nitrogens with zero attached hydrogens (tertiary/aromatic N) is 1. The first kappa shape index (κ1) is 25.4. The minimum absolute atomic E-state index is 0.0413. The zero-order valence-corrected chi connectivity index (χ0v) is 20.8. The fraction of sp³-hybridized carbons (Fsp3) is 0.385. The second-order valence-corrected chi connectivity index (χ2v) is 8.64. The highest BCUT2D eigenvalue weighted by molar-refractivity contribution is 6.46. The number of hydrogen-bond acceptors (Lipinski definition) is 6. The van der Waals surface area contributed by atoms with E-state index in [1.807, 2.05) is 32.9 Å². The number of ketones is 1. The lowest BCUT2D eigenvalue weighted by Gasteiger charge is -2.27. The predicted molar refractivity (Wildman–Crippen MR) is 131 cm³/mol. The molecule has 1 amide bonds. The van der Waals surface area contributed by atoms with Gasteiger partial charge in [-0.25, -0.2) is 0 Å². The first-order chi connectivity index (χ1) is 16.2. The number of aliphatic hydroxyl groups is 1. The molecule has 182 valence electrons. The molecular weight excluding hydrogens is 458 g/mol. The summed E-state index contributed by atoms with van der Waals surface area (Å²) in [7, 11) is 2.90. The maximum atomic E-state index is 13.3. The minimum atomic E-state index is -0.827. The Morgan fingerprint density at radius 1 is 1.09 bits per heavy atom. The Kier molecular flexibility index (Phi) is 8.10. The fourth-order valence-electron chi connectivity index (χ4n) is 4.02. The van der Waals surface area contributed by atoms with Crippen LogP contribution in [-0.4, -0.2) is 48.6 Å². The Morgan fingerprint density at radius 3 is 2.38 bits per heavy atom. The number of methoxy groups -OCH3 is 2. The van der Waals surface area contributed by atoms with Gasteiger partial charge in [-0.2, -0.15) is 0 Å². The van der Waals surface area contributed by atoms with Crippen molar-refractivity contribution in [1.82, 2.24) is 4.90 Å². The van der Waals surface area contributed by atoms with Gasteiger partial charge in [0.2, 0.25) is 0 Å². The third kappa shape index (κ3) is 4.85. The standard InChI is InChI=1S/C26H30ClNO6/c1-6-7-12-28-23(16-10-8-9-11-19(16)34-15(2)3)22(25(30)26(28)31)24(29)17-13-18(27)21(33-5)14-20(17)32-4/h8-11,13-15,23,29H,6-7,12H2,1-5H3/b24-22+. The van der Waals surface area contributed by atoms with Crippen molar-refractivity contribution in [3.63, 3.8) is 0 Å². The molecule has 1 unspecified atom stereocenters. The largest absolute Gasteiger partial charge is 0.507 e. The molecular formula is C26H30ClNO6. The number of carbonyl (C=O) groups excluding carboxylic acids is 2. The Labute approximate surface area is 204 Å². The van der Waals surface area contributed by atoms with E-state index >= 15 is 0 Å². The molecule has 7 nitrogen and oxygen atoms in total. The van der Waals surface area contributed by atoms with E-state index in [1.54, 1.807) is 12.1 Å². The molecule has 1 aliphatic rings. The van der Waals surface area contributed by atoms with Gasteiger partial charge in [0.15, 0.2) is 0 Å². The summed E-state index contributed by atoms with van der Waals surface area (Å²) in [5, 5.41) is 11.6. The number of Topliss-reactive ketones (excluding diaryl/α,β-unsaturated/α-hetero) is 1. The Morgan fingerprint density at radius 2 is 1.76 bits per heavy atom. The van der Waals surface area contributed by atoms with Crippen LogP contribution in [0, 0.1) is 0 Å². The summed E-state index contributed by atoms with van der Waals surface area (Å²) in [5.74, 6) is -0.667. The molecule has 1 heterocycles. The van der Waals surface area contributed by atoms with Crippen LogP contribution in [0.15, 0.2) is 42.0 Å². The number of likely N-dealkylation sites (tertiary alicyclic amines) is 1. The summed E-state index contributed by atoms with van der Waals surface area (Å²) in [6.07, 6.45) is 1.41. The molecule has 1 N–H and O–H groups in total. The van der Waals surface area contributed by atoms with Crippen molar-refractivity contribution in [1.29, 1.82) is 0 Å². The summed E-state index contributed by atoms with van der Waals surface area (Å²) >= 11 is 6.31. The van der Waals surface area contributed by atoms with E-state index < -0.39 is 17.7 Å². The van der Waals surface area contributed by atoms with Crippen molar-refractivity contribution in [2.75, 3.05) is 20.8 Å². The molecule has 1 aliphatic heterocycles. The maximum absolute atomic E-state index is 13.3. The minimum Gasteiger partial charge on any atom is -0.507 e. The van der Waals surface area contributed by atoms with Crippen molar-refractivity contribution in [3.05, 3.63) is 58.1 Å². The predicted octanol–water partition coefficient (Wildman–Crippen LogP) is 5.37. The molecule has 0 aromatic heterocycles. The van der Waals surface area contributed by atoms with Crippen LogP contribution < -0.4 is 14.2 Å². The number of halogens is 1. The quantitative estimate of drug-likeness (QED) is 0.291. The van der Waals surface area contributed by atoms with Crippen molar-refractivity contribution in [2.24, 2.45) is 0 Å². The van der Waals surface area contributed by atoms with Gasteiger partial charge < -0.3 is 24.2 Å². The molecule has 2 aromatic carbocycles. The summed E-state index contributed by atoms with van der Waals surface area (Å²) in [6.45, 7) is 6.16. The molecule has 1 saturated heterocycles. The van der Waals surface area contributed by atoms with Gasteiger partial charge in [-0.05, 0) is 32.4 Å². The summed E-state index contributed by atoms with van der Waals surface area (Å²) in [4.78, 5) is 27.9. The molecule has 0 bridgehead atoms. The van der Waals surface area contributed by atoms with Gasteiger partial charge in [-0.3, -0.25) is 9.59 Å². The molecule has 3 rings (SSSR count). The van der Waals surface area contributed by atoms with E-state index in [0.29, 0.717) is 30.0 Å². The number of benzene rings is 2. The van der Waals surface area contributed by atoms with Crippen LogP contribution in [0.25, 0.3) is 5.76 Å². The zero-order chi connectivity index (χ0) is 25.0. The molecule has 1 fully saturated rings. The molecule has 8 heteroatoms. The SMILES string of the molecule is CCCCN1C(=O)C(=O)/C(=C(/O)c2cc(Cl)c(OC)cc2OC)C1c1ccccc1OC(C)C. The summed E-state index contributed by atoms with van der Waals surface area (Å²) < 4.78 is 16.7. The zero-order valence-electron chi connectivity index (χ0n) is 20.1. The van der Waals surface area contributed by atoms with E-state index in [1.165, 1.54) is 31.3 Å². The van der Waals surface area contributed by atoms with Gasteiger partial charge in [0, 0.05) is 18.2 Å². The molecule has 2 aromatic rings. The van der Waals surface area contributed by atoms with Crippen molar-refractivity contribution >= 4 is 29.1 Å². The highest BCUT2D eigenvalue weighted by Crippen LogP contribution is 2.45. The van der Waals surface area contributed by atoms with Crippen LogP contribution in [0.1, 0.15) is 50.8 Å². The second kappa shape index (κ2) is 10.8. The number of hydrogen-bond donors (Lipinski definition) is 1. The Hall–Kier alpha value is -3.19. The number of ether oxygens (including phenoxy) is 3.